The molecule has 17 heavy (non-hydrogen) atoms. The van der Waals surface area contributed by atoms with Crippen LogP contribution in [0.15, 0.2) is 21.6 Å². The lowest BCUT2D eigenvalue weighted by Gasteiger charge is -2.07. The molecule has 2 heterocycles. The van der Waals surface area contributed by atoms with Gasteiger partial charge in [-0.2, -0.15) is 0 Å². The van der Waals surface area contributed by atoms with Gasteiger partial charge in [0.25, 0.3) is 0 Å². The number of aryl methyl sites for hydroxylation is 2. The Morgan fingerprint density at radius 3 is 2.76 bits per heavy atom. The van der Waals surface area contributed by atoms with Crippen molar-refractivity contribution in [3.8, 4) is 0 Å². The lowest BCUT2D eigenvalue weighted by molar-refractivity contribution is 0.979. The van der Waals surface area contributed by atoms with E-state index in [0.29, 0.717) is 10.6 Å². The first-order chi connectivity index (χ1) is 8.08. The van der Waals surface area contributed by atoms with E-state index in [4.69, 9.17) is 11.1 Å². The Hall–Kier alpha value is -1.47. The molecule has 3 N–H and O–H groups in total. The van der Waals surface area contributed by atoms with Crippen LogP contribution in [0.2, 0.25) is 0 Å². The zero-order chi connectivity index (χ0) is 12.4. The lowest BCUT2D eigenvalue weighted by atomic mass is 10.1. The normalized spacial score (nSPS) is 10.5. The second-order valence-electron chi connectivity index (χ2n) is 3.41. The molecule has 0 amide bonds. The molecule has 0 fully saturated rings. The molecule has 88 valence electrons. The molecule has 2 aromatic heterocycles. The van der Waals surface area contributed by atoms with Gasteiger partial charge in [0.2, 0.25) is 0 Å². The summed E-state index contributed by atoms with van der Waals surface area (Å²) in [6, 6.07) is 1.84. The fourth-order valence-electron chi connectivity index (χ4n) is 1.34. The third kappa shape index (κ3) is 2.62. The molecule has 0 saturated heterocycles. The number of amidine groups is 1. The van der Waals surface area contributed by atoms with E-state index in [9.17, 15) is 0 Å². The average molecular weight is 265 g/mol. The van der Waals surface area contributed by atoms with Gasteiger partial charge in [-0.15, -0.1) is 10.2 Å². The van der Waals surface area contributed by atoms with Crippen LogP contribution in [0.3, 0.4) is 0 Å². The van der Waals surface area contributed by atoms with E-state index in [0.717, 1.165) is 14.9 Å². The summed E-state index contributed by atoms with van der Waals surface area (Å²) in [6.45, 7) is 3.81. The molecule has 7 heteroatoms. The van der Waals surface area contributed by atoms with Gasteiger partial charge in [0.15, 0.2) is 4.34 Å². The molecule has 0 bridgehead atoms. The smallest absolute Gasteiger partial charge is 0.180 e. The molecule has 0 aliphatic rings. The Kier molecular flexibility index (Phi) is 3.39. The fraction of sp³-hybridized carbons (Fsp3) is 0.200. The van der Waals surface area contributed by atoms with E-state index in [1.165, 1.54) is 23.1 Å². The van der Waals surface area contributed by atoms with Gasteiger partial charge in [0.1, 0.15) is 15.9 Å². The van der Waals surface area contributed by atoms with Crippen molar-refractivity contribution in [2.24, 2.45) is 5.73 Å². The van der Waals surface area contributed by atoms with E-state index in [1.807, 2.05) is 19.9 Å². The summed E-state index contributed by atoms with van der Waals surface area (Å²) in [4.78, 5) is 4.25. The SMILES string of the molecule is Cc1nnc(Sc2nccc(C)c2C(=N)N)s1. The molecule has 5 nitrogen and oxygen atoms in total. The largest absolute Gasteiger partial charge is 0.384 e. The van der Waals surface area contributed by atoms with Gasteiger partial charge < -0.3 is 5.73 Å². The van der Waals surface area contributed by atoms with Gasteiger partial charge in [0, 0.05) is 6.20 Å². The topological polar surface area (TPSA) is 88.5 Å². The van der Waals surface area contributed by atoms with E-state index >= 15 is 0 Å². The number of rotatable bonds is 3. The highest BCUT2D eigenvalue weighted by Crippen LogP contribution is 2.31. The van der Waals surface area contributed by atoms with E-state index in [-0.39, 0.29) is 5.84 Å². The molecule has 2 rings (SSSR count). The Morgan fingerprint density at radius 2 is 2.18 bits per heavy atom. The molecule has 0 aromatic carbocycles. The van der Waals surface area contributed by atoms with Crippen LogP contribution < -0.4 is 5.73 Å². The Labute approximate surface area is 107 Å². The minimum Gasteiger partial charge on any atom is -0.384 e. The van der Waals surface area contributed by atoms with E-state index in [2.05, 4.69) is 15.2 Å². The summed E-state index contributed by atoms with van der Waals surface area (Å²) >= 11 is 2.89. The molecule has 0 aliphatic heterocycles. The number of nitrogen functional groups attached to an aromatic ring is 1. The van der Waals surface area contributed by atoms with E-state index in [1.54, 1.807) is 6.20 Å². The molecule has 0 radical (unpaired) electrons. The van der Waals surface area contributed by atoms with Crippen LogP contribution in [0.4, 0.5) is 0 Å². The molecule has 0 unspecified atom stereocenters. The third-order valence-electron chi connectivity index (χ3n) is 2.09. The van der Waals surface area contributed by atoms with Gasteiger partial charge >= 0.3 is 0 Å². The van der Waals surface area contributed by atoms with Crippen molar-refractivity contribution in [1.82, 2.24) is 15.2 Å². The van der Waals surface area contributed by atoms with Crippen LogP contribution in [0.1, 0.15) is 16.1 Å². The summed E-state index contributed by atoms with van der Waals surface area (Å²) < 4.78 is 0.808. The zero-order valence-electron chi connectivity index (χ0n) is 9.39. The van der Waals surface area contributed by atoms with Crippen molar-refractivity contribution < 1.29 is 0 Å². The highest BCUT2D eigenvalue weighted by molar-refractivity contribution is 8.01. The number of pyridine rings is 1. The van der Waals surface area contributed by atoms with Gasteiger partial charge in [-0.1, -0.05) is 11.3 Å². The van der Waals surface area contributed by atoms with Crippen LogP contribution in [0.5, 0.6) is 0 Å². The van der Waals surface area contributed by atoms with Crippen LogP contribution in [-0.4, -0.2) is 21.0 Å². The molecule has 0 saturated carbocycles. The first-order valence-corrected chi connectivity index (χ1v) is 6.49. The first kappa shape index (κ1) is 12.0. The number of nitrogens with one attached hydrogen (secondary N) is 1. The van der Waals surface area contributed by atoms with Gasteiger partial charge in [-0.3, -0.25) is 5.41 Å². The van der Waals surface area contributed by atoms with E-state index < -0.39 is 0 Å². The third-order valence-corrected chi connectivity index (χ3v) is 3.98. The highest BCUT2D eigenvalue weighted by atomic mass is 32.2. The Balaban J connectivity index is 2.39. The van der Waals surface area contributed by atoms with Crippen molar-refractivity contribution in [2.45, 2.75) is 23.2 Å². The summed E-state index contributed by atoms with van der Waals surface area (Å²) in [5.74, 6) is 0.0272. The minimum absolute atomic E-state index is 0.0272. The molecule has 0 aliphatic carbocycles. The van der Waals surface area contributed by atoms with Crippen LogP contribution in [0.25, 0.3) is 0 Å². The molecule has 2 aromatic rings. The Morgan fingerprint density at radius 1 is 1.41 bits per heavy atom. The summed E-state index contributed by atoms with van der Waals surface area (Å²) in [7, 11) is 0. The fourth-order valence-corrected chi connectivity index (χ4v) is 3.26. The van der Waals surface area contributed by atoms with Gasteiger partial charge in [-0.25, -0.2) is 4.98 Å². The molecular formula is C10H11N5S2. The number of hydrogen-bond acceptors (Lipinski definition) is 6. The monoisotopic (exact) mass is 265 g/mol. The molecule has 0 atom stereocenters. The number of nitrogens with two attached hydrogens (primary N) is 1. The van der Waals surface area contributed by atoms with Crippen LogP contribution in [-0.2, 0) is 0 Å². The van der Waals surface area contributed by atoms with Crippen LogP contribution >= 0.6 is 23.1 Å². The van der Waals surface area contributed by atoms with Gasteiger partial charge in [0.05, 0.1) is 5.56 Å². The highest BCUT2D eigenvalue weighted by Gasteiger charge is 2.13. The second-order valence-corrected chi connectivity index (χ2v) is 5.83. The maximum atomic E-state index is 7.58. The quantitative estimate of drug-likeness (QED) is 0.654. The standard InChI is InChI=1S/C10H11N5S2/c1-5-3-4-13-9(7(5)8(11)12)17-10-15-14-6(2)16-10/h3-4H,1-2H3,(H3,11,12). The number of aromatic nitrogens is 3. The number of nitrogens with zero attached hydrogens (tertiary/aromatic N) is 3. The van der Waals surface area contributed by atoms with Crippen molar-refractivity contribution in [3.63, 3.8) is 0 Å². The predicted octanol–water partition coefficient (Wildman–Crippen LogP) is 1.99. The second kappa shape index (κ2) is 4.80. The van der Waals surface area contributed by atoms with Crippen molar-refractivity contribution >= 4 is 28.9 Å². The van der Waals surface area contributed by atoms with Crippen LogP contribution in [0, 0.1) is 19.3 Å². The average Bonchev–Trinajstić information content (AvgIpc) is 2.63. The zero-order valence-corrected chi connectivity index (χ0v) is 11.0. The molecular weight excluding hydrogens is 254 g/mol. The number of hydrogen-bond donors (Lipinski definition) is 2. The molecule has 0 spiro atoms. The summed E-state index contributed by atoms with van der Waals surface area (Å²) in [5, 5.41) is 17.2. The van der Waals surface area contributed by atoms with Crippen molar-refractivity contribution in [1.29, 1.82) is 5.41 Å². The summed E-state index contributed by atoms with van der Waals surface area (Å²) in [6.07, 6.45) is 1.71. The maximum absolute atomic E-state index is 7.58. The Bertz CT molecular complexity index is 564. The van der Waals surface area contributed by atoms with Gasteiger partial charge in [-0.05, 0) is 37.2 Å². The predicted molar refractivity (Wildman–Crippen MR) is 68.8 cm³/mol. The minimum atomic E-state index is 0.0272. The maximum Gasteiger partial charge on any atom is 0.180 e. The van der Waals surface area contributed by atoms with Crippen molar-refractivity contribution in [3.05, 3.63) is 28.4 Å². The lowest BCUT2D eigenvalue weighted by Crippen LogP contribution is -2.14. The van der Waals surface area contributed by atoms with Crippen molar-refractivity contribution in [2.75, 3.05) is 0 Å². The summed E-state index contributed by atoms with van der Waals surface area (Å²) in [5.41, 5.74) is 7.18. The first-order valence-electron chi connectivity index (χ1n) is 4.86.